The summed E-state index contributed by atoms with van der Waals surface area (Å²) in [4.78, 5) is 12.8. The Morgan fingerprint density at radius 3 is 2.96 bits per heavy atom. The van der Waals surface area contributed by atoms with E-state index in [4.69, 9.17) is 18.9 Å². The number of likely N-dealkylation sites (N-methyl/N-ethyl adjacent to an activating group) is 1. The zero-order chi connectivity index (χ0) is 16.4. The van der Waals surface area contributed by atoms with Crippen molar-refractivity contribution in [3.05, 3.63) is 17.2 Å². The van der Waals surface area contributed by atoms with Gasteiger partial charge in [0.05, 0.1) is 32.9 Å². The summed E-state index contributed by atoms with van der Waals surface area (Å²) >= 11 is 0. The van der Waals surface area contributed by atoms with Gasteiger partial charge < -0.3 is 36.3 Å². The van der Waals surface area contributed by atoms with E-state index in [-0.39, 0.29) is 25.2 Å². The summed E-state index contributed by atoms with van der Waals surface area (Å²) in [7, 11) is 3.66. The lowest BCUT2D eigenvalue weighted by atomic mass is 9.91. The van der Waals surface area contributed by atoms with Crippen molar-refractivity contribution in [2.75, 3.05) is 34.1 Å². The number of carbonyl (C=O) groups excluding carboxylic acids is 1. The maximum Gasteiger partial charge on any atom is 0.384 e. The number of hydrogen-bond donors (Lipinski definition) is 1. The van der Waals surface area contributed by atoms with Crippen LogP contribution < -0.4 is 31.5 Å². The molecule has 0 amide bonds. The van der Waals surface area contributed by atoms with E-state index in [2.05, 4.69) is 18.9 Å². The molecule has 0 fully saturated rings. The molecule has 2 aliphatic heterocycles. The van der Waals surface area contributed by atoms with Gasteiger partial charge in [0.25, 0.3) is 0 Å². The number of nitrogens with one attached hydrogen (secondary N) is 1. The van der Waals surface area contributed by atoms with E-state index in [9.17, 15) is 4.79 Å². The van der Waals surface area contributed by atoms with Crippen LogP contribution in [0.4, 0.5) is 0 Å². The van der Waals surface area contributed by atoms with Crippen molar-refractivity contribution >= 4 is 5.97 Å². The van der Waals surface area contributed by atoms with Crippen molar-refractivity contribution in [3.63, 3.8) is 0 Å². The van der Waals surface area contributed by atoms with E-state index in [1.54, 1.807) is 14.0 Å². The number of esters is 1. The highest BCUT2D eigenvalue weighted by atomic mass is 35.5. The molecule has 0 saturated heterocycles. The number of rotatable bonds is 2. The van der Waals surface area contributed by atoms with Gasteiger partial charge in [0.15, 0.2) is 17.5 Å². The lowest BCUT2D eigenvalue weighted by Gasteiger charge is -2.29. The first kappa shape index (κ1) is 18.2. The number of fused-ring (bicyclic) bond motifs is 2. The Morgan fingerprint density at radius 2 is 2.25 bits per heavy atom. The Labute approximate surface area is 147 Å². The molecule has 0 aliphatic carbocycles. The number of ether oxygens (including phenoxy) is 4. The molecule has 7 heteroatoms. The molecule has 2 unspecified atom stereocenters. The second-order valence-corrected chi connectivity index (χ2v) is 5.49. The largest absolute Gasteiger partial charge is 1.00 e. The van der Waals surface area contributed by atoms with Crippen molar-refractivity contribution in [2.45, 2.75) is 19.4 Å². The number of hydrogen-bond acceptors (Lipinski definition) is 5. The molecular formula is C17H20ClNO5. The molecule has 1 aromatic carbocycles. The zero-order valence-electron chi connectivity index (χ0n) is 13.9. The lowest BCUT2D eigenvalue weighted by molar-refractivity contribution is -0.905. The van der Waals surface area contributed by atoms with E-state index in [1.165, 1.54) is 4.90 Å². The number of halogens is 1. The minimum atomic E-state index is -0.507. The average Bonchev–Trinajstić information content (AvgIpc) is 3.00. The fourth-order valence-electron chi connectivity index (χ4n) is 3.02. The highest BCUT2D eigenvalue weighted by Crippen LogP contribution is 2.47. The van der Waals surface area contributed by atoms with Crippen molar-refractivity contribution in [3.8, 4) is 29.1 Å². The molecule has 24 heavy (non-hydrogen) atoms. The Bertz CT molecular complexity index is 694. The normalized spacial score (nSPS) is 20.1. The van der Waals surface area contributed by atoms with E-state index in [0.29, 0.717) is 23.9 Å². The maximum atomic E-state index is 11.6. The minimum absolute atomic E-state index is 0. The third-order valence-corrected chi connectivity index (χ3v) is 4.11. The van der Waals surface area contributed by atoms with Crippen LogP contribution >= 0.6 is 0 Å². The first-order valence-corrected chi connectivity index (χ1v) is 7.65. The summed E-state index contributed by atoms with van der Waals surface area (Å²) < 4.78 is 21.5. The number of benzene rings is 1. The van der Waals surface area contributed by atoms with Crippen molar-refractivity contribution in [1.29, 1.82) is 0 Å². The van der Waals surface area contributed by atoms with E-state index in [0.717, 1.165) is 24.1 Å². The standard InChI is InChI=1S/C17H19NO5.ClH/c1-4-21-14(19)6-5-12-15-11(7-8-18(12)2)9-13-16(17(15)20-3)23-10-22-13;/h9,12H,4,7-8,10H2,1-3H3;1H. The second kappa shape index (κ2) is 7.65. The summed E-state index contributed by atoms with van der Waals surface area (Å²) in [5.41, 5.74) is 2.09. The Hall–Kier alpha value is -2.10. The second-order valence-electron chi connectivity index (χ2n) is 5.49. The van der Waals surface area contributed by atoms with Crippen LogP contribution in [-0.4, -0.2) is 40.1 Å². The smallest absolute Gasteiger partial charge is 0.384 e. The fourth-order valence-corrected chi connectivity index (χ4v) is 3.02. The quantitative estimate of drug-likeness (QED) is 0.351. The summed E-state index contributed by atoms with van der Waals surface area (Å²) in [6.07, 6.45) is 0.895. The first-order chi connectivity index (χ1) is 11.2. The van der Waals surface area contributed by atoms with Gasteiger partial charge in [0.1, 0.15) is 0 Å². The highest BCUT2D eigenvalue weighted by molar-refractivity contribution is 5.88. The zero-order valence-corrected chi connectivity index (χ0v) is 14.7. The SMILES string of the molecule is CCOC(=O)C#CC1c2c(cc3c(c2OC)OCO3)CC[NH+]1C.[Cl-]. The van der Waals surface area contributed by atoms with Crippen LogP contribution in [0.2, 0.25) is 0 Å². The van der Waals surface area contributed by atoms with Gasteiger partial charge in [-0.15, -0.1) is 0 Å². The topological polar surface area (TPSA) is 58.4 Å². The van der Waals surface area contributed by atoms with Crippen molar-refractivity contribution < 1.29 is 41.0 Å². The van der Waals surface area contributed by atoms with Gasteiger partial charge in [0.2, 0.25) is 12.5 Å². The van der Waals surface area contributed by atoms with Gasteiger partial charge >= 0.3 is 5.97 Å². The maximum absolute atomic E-state index is 11.6. The van der Waals surface area contributed by atoms with Crippen LogP contribution in [0, 0.1) is 11.8 Å². The summed E-state index contributed by atoms with van der Waals surface area (Å²) in [6.45, 7) is 3.18. The van der Waals surface area contributed by atoms with E-state index < -0.39 is 5.97 Å². The van der Waals surface area contributed by atoms with Crippen molar-refractivity contribution in [1.82, 2.24) is 0 Å². The van der Waals surface area contributed by atoms with Gasteiger partial charge in [0, 0.05) is 12.3 Å². The molecular weight excluding hydrogens is 334 g/mol. The van der Waals surface area contributed by atoms with Crippen LogP contribution in [-0.2, 0) is 16.0 Å². The number of carbonyl (C=O) groups is 1. The molecule has 6 nitrogen and oxygen atoms in total. The molecule has 2 heterocycles. The van der Waals surface area contributed by atoms with E-state index >= 15 is 0 Å². The van der Waals surface area contributed by atoms with Crippen LogP contribution in [0.25, 0.3) is 0 Å². The fraction of sp³-hybridized carbons (Fsp3) is 0.471. The van der Waals surface area contributed by atoms with Crippen molar-refractivity contribution in [2.24, 2.45) is 0 Å². The molecule has 0 bridgehead atoms. The molecule has 130 valence electrons. The monoisotopic (exact) mass is 353 g/mol. The van der Waals surface area contributed by atoms with Crippen LogP contribution in [0.3, 0.4) is 0 Å². The molecule has 0 aromatic heterocycles. The molecule has 0 spiro atoms. The molecule has 1 N–H and O–H groups in total. The van der Waals surface area contributed by atoms with Crippen LogP contribution in [0.5, 0.6) is 17.2 Å². The molecule has 2 atom stereocenters. The predicted molar refractivity (Wildman–Crippen MR) is 81.7 cm³/mol. The summed E-state index contributed by atoms with van der Waals surface area (Å²) in [5.74, 6) is 7.09. The third-order valence-electron chi connectivity index (χ3n) is 4.11. The third kappa shape index (κ3) is 3.23. The van der Waals surface area contributed by atoms with Gasteiger partial charge in [-0.3, -0.25) is 0 Å². The average molecular weight is 354 g/mol. The number of methoxy groups -OCH3 is 1. The molecule has 2 aliphatic rings. The Balaban J connectivity index is 0.00000208. The summed E-state index contributed by atoms with van der Waals surface area (Å²) in [5, 5.41) is 0. The van der Waals surface area contributed by atoms with E-state index in [1.807, 2.05) is 6.07 Å². The first-order valence-electron chi connectivity index (χ1n) is 7.65. The van der Waals surface area contributed by atoms with Gasteiger partial charge in [-0.05, 0) is 24.5 Å². The van der Waals surface area contributed by atoms with Gasteiger partial charge in [-0.25, -0.2) is 4.79 Å². The predicted octanol–water partition coefficient (Wildman–Crippen LogP) is -2.89. The molecule has 0 radical (unpaired) electrons. The molecule has 1 aromatic rings. The Kier molecular flexibility index (Phi) is 5.81. The van der Waals surface area contributed by atoms with Gasteiger partial charge in [-0.2, -0.15) is 0 Å². The van der Waals surface area contributed by atoms with Crippen LogP contribution in [0.15, 0.2) is 6.07 Å². The van der Waals surface area contributed by atoms with Crippen LogP contribution in [0.1, 0.15) is 24.1 Å². The van der Waals surface area contributed by atoms with Gasteiger partial charge in [-0.1, -0.05) is 0 Å². The lowest BCUT2D eigenvalue weighted by Crippen LogP contribution is -3.10. The minimum Gasteiger partial charge on any atom is -1.00 e. The highest BCUT2D eigenvalue weighted by Gasteiger charge is 2.35. The molecule has 3 rings (SSSR count). The number of quaternary nitrogens is 1. The molecule has 0 saturated carbocycles. The Morgan fingerprint density at radius 1 is 1.46 bits per heavy atom. The summed E-state index contributed by atoms with van der Waals surface area (Å²) in [6, 6.07) is 1.82.